The van der Waals surface area contributed by atoms with E-state index in [2.05, 4.69) is 63.0 Å². The number of halogens is 1. The number of aryl methyl sites for hydroxylation is 1. The van der Waals surface area contributed by atoms with Crippen molar-refractivity contribution in [1.29, 1.82) is 0 Å². The first kappa shape index (κ1) is 37.9. The number of rotatable bonds is 4. The third-order valence-electron chi connectivity index (χ3n) is 12.9. The Morgan fingerprint density at radius 2 is 1.94 bits per heavy atom. The highest BCUT2D eigenvalue weighted by molar-refractivity contribution is 6.74. The van der Waals surface area contributed by atoms with Crippen molar-refractivity contribution < 1.29 is 28.6 Å². The minimum Gasteiger partial charge on any atom is -0.490 e. The highest BCUT2D eigenvalue weighted by Gasteiger charge is 2.48. The molecular weight excluding hydrogens is 680 g/mol. The summed E-state index contributed by atoms with van der Waals surface area (Å²) in [6, 6.07) is 12.0. The van der Waals surface area contributed by atoms with E-state index in [4.69, 9.17) is 25.5 Å². The van der Waals surface area contributed by atoms with Gasteiger partial charge in [0.05, 0.1) is 32.1 Å². The maximum Gasteiger partial charge on any atom is 0.319 e. The van der Waals surface area contributed by atoms with Crippen molar-refractivity contribution in [3.63, 3.8) is 0 Å². The number of esters is 1. The maximum atomic E-state index is 13.8. The second-order valence-electron chi connectivity index (χ2n) is 17.1. The summed E-state index contributed by atoms with van der Waals surface area (Å²) in [6.45, 7) is 13.5. The smallest absolute Gasteiger partial charge is 0.319 e. The van der Waals surface area contributed by atoms with Gasteiger partial charge in [-0.2, -0.15) is 0 Å². The van der Waals surface area contributed by atoms with Crippen LogP contribution < -0.4 is 9.64 Å². The van der Waals surface area contributed by atoms with Gasteiger partial charge >= 0.3 is 5.97 Å². The number of carbonyl (C=O) groups is 2. The van der Waals surface area contributed by atoms with E-state index in [9.17, 15) is 14.7 Å². The third-order valence-corrected chi connectivity index (χ3v) is 17.6. The zero-order valence-corrected chi connectivity index (χ0v) is 33.4. The van der Waals surface area contributed by atoms with Crippen LogP contribution in [0.25, 0.3) is 0 Å². The average molecular weight is 737 g/mol. The molecule has 0 aromatic heterocycles. The van der Waals surface area contributed by atoms with Gasteiger partial charge in [0.2, 0.25) is 5.91 Å². The van der Waals surface area contributed by atoms with Gasteiger partial charge < -0.3 is 28.8 Å². The fraction of sp³-hybridized carbons (Fsp3) is 0.610. The quantitative estimate of drug-likeness (QED) is 0.198. The fourth-order valence-corrected chi connectivity index (χ4v) is 9.93. The van der Waals surface area contributed by atoms with Crippen LogP contribution in [-0.2, 0) is 36.0 Å². The van der Waals surface area contributed by atoms with Crippen LogP contribution >= 0.6 is 11.6 Å². The zero-order chi connectivity index (χ0) is 36.8. The molecule has 5 atom stereocenters. The van der Waals surface area contributed by atoms with Gasteiger partial charge in [0.1, 0.15) is 11.2 Å². The number of anilines is 1. The van der Waals surface area contributed by atoms with Gasteiger partial charge in [-0.3, -0.25) is 9.59 Å². The van der Waals surface area contributed by atoms with Gasteiger partial charge in [0, 0.05) is 43.5 Å². The SMILES string of the molecule is COC(=O)[C@]1(CO)CC(=O)N(C)CC/C=C\[C@H](O[Si](C)(C)C(C)(C)C)[C@@H]2CC[C@H]2CN2C[C@@]3(CCCc4cc(Cl)ccc43)COc3ccc1cc32. The van der Waals surface area contributed by atoms with E-state index >= 15 is 0 Å². The van der Waals surface area contributed by atoms with Crippen LogP contribution in [0.1, 0.15) is 76.0 Å². The molecule has 2 aliphatic heterocycles. The number of aliphatic hydroxyl groups is 1. The van der Waals surface area contributed by atoms with Crippen LogP contribution in [0.15, 0.2) is 48.6 Å². The fourth-order valence-electron chi connectivity index (χ4n) is 8.45. The molecule has 2 bridgehead atoms. The lowest BCUT2D eigenvalue weighted by molar-refractivity contribution is -0.153. The lowest BCUT2D eigenvalue weighted by atomic mass is 9.68. The van der Waals surface area contributed by atoms with Gasteiger partial charge in [0.25, 0.3) is 0 Å². The monoisotopic (exact) mass is 736 g/mol. The summed E-state index contributed by atoms with van der Waals surface area (Å²) in [4.78, 5) is 31.5. The molecule has 0 radical (unpaired) electrons. The molecule has 2 aromatic rings. The third kappa shape index (κ3) is 7.25. The number of benzene rings is 2. The van der Waals surface area contributed by atoms with Crippen LogP contribution in [0.4, 0.5) is 5.69 Å². The van der Waals surface area contributed by atoms with Gasteiger partial charge in [-0.1, -0.05) is 56.7 Å². The molecule has 6 rings (SSSR count). The van der Waals surface area contributed by atoms with Crippen molar-refractivity contribution in [3.05, 3.63) is 70.3 Å². The van der Waals surface area contributed by atoms with Crippen LogP contribution in [-0.4, -0.2) is 83.3 Å². The van der Waals surface area contributed by atoms with Crippen molar-refractivity contribution >= 4 is 37.5 Å². The maximum absolute atomic E-state index is 13.8. The first-order valence-electron chi connectivity index (χ1n) is 18.7. The Kier molecular flexibility index (Phi) is 10.8. The largest absolute Gasteiger partial charge is 0.490 e. The molecule has 0 unspecified atom stereocenters. The standard InChI is InChI=1S/C41H57ClN2O6Si/c1-39(2,3)51(6,7)50-35-12-8-9-20-43(4)37(46)23-41(26-45,38(47)48-5)30-14-18-36-34(22-30)44(24-29-13-16-32(29)35)25-40(27-49-36)19-10-11-28-21-31(42)15-17-33(28)40/h8,12,14-15,17-18,21-22,29,32,35,45H,9-11,13,16,19-20,23-27H2,1-7H3/b12-8-/t29-,32+,35-,40-,41-/m0/s1. The zero-order valence-electron chi connectivity index (χ0n) is 31.6. The molecule has 1 N–H and O–H groups in total. The molecule has 1 saturated carbocycles. The Morgan fingerprint density at radius 3 is 2.63 bits per heavy atom. The van der Waals surface area contributed by atoms with Gasteiger partial charge in [0.15, 0.2) is 8.32 Å². The number of hydrogen-bond donors (Lipinski definition) is 1. The van der Waals surface area contributed by atoms with E-state index in [1.807, 2.05) is 24.3 Å². The number of nitrogens with zero attached hydrogens (tertiary/aromatic N) is 2. The van der Waals surface area contributed by atoms with Gasteiger partial charge in [-0.25, -0.2) is 0 Å². The van der Waals surface area contributed by atoms with E-state index in [0.717, 1.165) is 61.7 Å². The Balaban J connectivity index is 1.48. The van der Waals surface area contributed by atoms with Crippen LogP contribution in [0, 0.1) is 11.8 Å². The number of methoxy groups -OCH3 is 1. The Bertz CT molecular complexity index is 1660. The molecule has 1 fully saturated rings. The second kappa shape index (κ2) is 14.5. The minimum absolute atomic E-state index is 0.0135. The first-order valence-corrected chi connectivity index (χ1v) is 22.0. The summed E-state index contributed by atoms with van der Waals surface area (Å²) < 4.78 is 19.3. The highest BCUT2D eigenvalue weighted by Crippen LogP contribution is 2.49. The summed E-state index contributed by atoms with van der Waals surface area (Å²) in [7, 11) is 0.969. The van der Waals surface area contributed by atoms with Crippen molar-refractivity contribution in [3.8, 4) is 5.75 Å². The summed E-state index contributed by atoms with van der Waals surface area (Å²) in [5.41, 5.74) is 2.17. The number of carbonyl (C=O) groups excluding carboxylic acids is 2. The van der Waals surface area contributed by atoms with Gasteiger partial charge in [-0.05, 0) is 109 Å². The Labute approximate surface area is 310 Å². The second-order valence-corrected chi connectivity index (χ2v) is 22.3. The molecule has 8 nitrogen and oxygen atoms in total. The number of amides is 1. The molecule has 278 valence electrons. The molecule has 1 spiro atoms. The lowest BCUT2D eigenvalue weighted by Gasteiger charge is -2.48. The van der Waals surface area contributed by atoms with E-state index in [1.54, 1.807) is 11.9 Å². The van der Waals surface area contributed by atoms with Crippen molar-refractivity contribution in [2.45, 2.75) is 101 Å². The van der Waals surface area contributed by atoms with Crippen LogP contribution in [0.5, 0.6) is 5.75 Å². The molecule has 1 amide bonds. The Hall–Kier alpha value is -2.85. The summed E-state index contributed by atoms with van der Waals surface area (Å²) in [5.74, 6) is 0.599. The van der Waals surface area contributed by atoms with E-state index in [1.165, 1.54) is 18.2 Å². The van der Waals surface area contributed by atoms with Crippen molar-refractivity contribution in [2.24, 2.45) is 11.8 Å². The first-order chi connectivity index (χ1) is 24.1. The van der Waals surface area contributed by atoms with Crippen molar-refractivity contribution in [1.82, 2.24) is 4.90 Å². The van der Waals surface area contributed by atoms with Crippen molar-refractivity contribution in [2.75, 3.05) is 51.9 Å². The number of aliphatic hydroxyl groups excluding tert-OH is 1. The normalized spacial score (nSPS) is 29.3. The predicted octanol–water partition coefficient (Wildman–Crippen LogP) is 7.44. The van der Waals surface area contributed by atoms with Gasteiger partial charge in [-0.15, -0.1) is 0 Å². The molecule has 10 heteroatoms. The molecule has 0 saturated heterocycles. The topological polar surface area (TPSA) is 88.5 Å². The van der Waals surface area contributed by atoms with Crippen LogP contribution in [0.2, 0.25) is 23.2 Å². The molecule has 2 aliphatic carbocycles. The van der Waals surface area contributed by atoms with E-state index in [0.29, 0.717) is 37.0 Å². The molecule has 2 heterocycles. The highest BCUT2D eigenvalue weighted by atomic mass is 35.5. The molecular formula is C41H57ClN2O6Si. The van der Waals surface area contributed by atoms with Crippen LogP contribution in [0.3, 0.4) is 0 Å². The van der Waals surface area contributed by atoms with E-state index < -0.39 is 26.3 Å². The summed E-state index contributed by atoms with van der Waals surface area (Å²) in [5, 5.41) is 11.8. The Morgan fingerprint density at radius 1 is 1.16 bits per heavy atom. The number of fused-ring (bicyclic) bond motifs is 4. The average Bonchev–Trinajstić information content (AvgIpc) is 3.22. The minimum atomic E-state index is -2.10. The number of hydrogen-bond acceptors (Lipinski definition) is 7. The number of ether oxygens (including phenoxy) is 2. The summed E-state index contributed by atoms with van der Waals surface area (Å²) >= 11 is 6.51. The molecule has 4 aliphatic rings. The molecule has 2 aromatic carbocycles. The summed E-state index contributed by atoms with van der Waals surface area (Å²) in [6.07, 6.45) is 10.1. The molecule has 51 heavy (non-hydrogen) atoms. The lowest BCUT2D eigenvalue weighted by Crippen LogP contribution is -2.52. The predicted molar refractivity (Wildman–Crippen MR) is 205 cm³/mol. The van der Waals surface area contributed by atoms with E-state index in [-0.39, 0.29) is 28.9 Å².